The second-order valence-electron chi connectivity index (χ2n) is 9.31. The minimum Gasteiger partial charge on any atom is -0.507 e. The van der Waals surface area contributed by atoms with Crippen LogP contribution in [0, 0.1) is 0 Å². The molecule has 0 fully saturated rings. The number of aromatic hydroxyl groups is 3. The van der Waals surface area contributed by atoms with Crippen LogP contribution in [0.4, 0.5) is 0 Å². The van der Waals surface area contributed by atoms with Crippen molar-refractivity contribution >= 4 is 11.6 Å². The van der Waals surface area contributed by atoms with Gasteiger partial charge in [-0.1, -0.05) is 111 Å². The maximum Gasteiger partial charge on any atom is 0.170 e. The average molecular weight is 479 g/mol. The SMILES string of the molecule is C.CCCCCCCCCCC(=O)c1c(O)cc(O)c(C(=O)CCCCCCCCCC)c1O. The highest BCUT2D eigenvalue weighted by molar-refractivity contribution is 6.08. The van der Waals surface area contributed by atoms with E-state index in [9.17, 15) is 24.9 Å². The Morgan fingerprint density at radius 2 is 0.853 bits per heavy atom. The fraction of sp³-hybridized carbons (Fsp3) is 0.724. The maximum atomic E-state index is 12.6. The van der Waals surface area contributed by atoms with Crippen LogP contribution in [0.5, 0.6) is 17.2 Å². The number of ketones is 2. The Morgan fingerprint density at radius 3 is 1.18 bits per heavy atom. The molecule has 0 amide bonds. The summed E-state index contributed by atoms with van der Waals surface area (Å²) >= 11 is 0. The topological polar surface area (TPSA) is 94.8 Å². The van der Waals surface area contributed by atoms with Crippen LogP contribution in [0.2, 0.25) is 0 Å². The van der Waals surface area contributed by atoms with E-state index < -0.39 is 28.8 Å². The molecule has 0 radical (unpaired) electrons. The highest BCUT2D eigenvalue weighted by atomic mass is 16.3. The quantitative estimate of drug-likeness (QED) is 0.128. The van der Waals surface area contributed by atoms with Crippen LogP contribution in [0.3, 0.4) is 0 Å². The molecule has 0 aliphatic carbocycles. The predicted molar refractivity (Wildman–Crippen MR) is 141 cm³/mol. The first kappa shape index (κ1) is 32.0. The van der Waals surface area contributed by atoms with Gasteiger partial charge in [0.05, 0.1) is 0 Å². The predicted octanol–water partition coefficient (Wildman–Crippen LogP) is 8.87. The standard InChI is InChI=1S/C28H46O5.CH4/c1-3-5-7-9-11-13-15-17-19-22(29)26-24(31)21-25(32)27(28(26)33)23(30)20-18-16-14-12-10-8-6-4-2;/h21,31-33H,3-20H2,1-2H3;1H4. The number of carbonyl (C=O) groups is 2. The van der Waals surface area contributed by atoms with Crippen molar-refractivity contribution in [1.29, 1.82) is 0 Å². The van der Waals surface area contributed by atoms with Crippen LogP contribution >= 0.6 is 0 Å². The molecule has 1 aromatic carbocycles. The van der Waals surface area contributed by atoms with Gasteiger partial charge in [0.1, 0.15) is 28.4 Å². The highest BCUT2D eigenvalue weighted by Gasteiger charge is 2.26. The number of benzene rings is 1. The number of rotatable bonds is 20. The van der Waals surface area contributed by atoms with Crippen LogP contribution in [-0.2, 0) is 0 Å². The third-order valence-corrected chi connectivity index (χ3v) is 6.33. The lowest BCUT2D eigenvalue weighted by Crippen LogP contribution is -2.06. The fourth-order valence-corrected chi connectivity index (χ4v) is 4.28. The molecule has 0 saturated heterocycles. The molecule has 34 heavy (non-hydrogen) atoms. The van der Waals surface area contributed by atoms with Crippen LogP contribution in [0.15, 0.2) is 6.07 Å². The Labute approximate surface area is 208 Å². The van der Waals surface area contributed by atoms with Crippen LogP contribution in [-0.4, -0.2) is 26.9 Å². The Hall–Kier alpha value is -2.04. The summed E-state index contributed by atoms with van der Waals surface area (Å²) in [6.45, 7) is 4.38. The Kier molecular flexibility index (Phi) is 18.1. The molecule has 0 unspecified atom stereocenters. The minimum absolute atomic E-state index is 0. The maximum absolute atomic E-state index is 12.6. The van der Waals surface area contributed by atoms with E-state index in [1.165, 1.54) is 51.4 Å². The van der Waals surface area contributed by atoms with Crippen molar-refractivity contribution in [2.75, 3.05) is 0 Å². The van der Waals surface area contributed by atoms with E-state index >= 15 is 0 Å². The van der Waals surface area contributed by atoms with E-state index in [-0.39, 0.29) is 31.4 Å². The summed E-state index contributed by atoms with van der Waals surface area (Å²) in [6.07, 6.45) is 17.9. The van der Waals surface area contributed by atoms with E-state index in [1.54, 1.807) is 0 Å². The molecule has 5 heteroatoms. The summed E-state index contributed by atoms with van der Waals surface area (Å²) in [6, 6.07) is 1.00. The Bertz CT molecular complexity index is 655. The van der Waals surface area contributed by atoms with Crippen LogP contribution < -0.4 is 0 Å². The van der Waals surface area contributed by atoms with Crippen molar-refractivity contribution in [2.24, 2.45) is 0 Å². The lowest BCUT2D eigenvalue weighted by Gasteiger charge is -2.12. The first-order valence-corrected chi connectivity index (χ1v) is 13.3. The molecule has 0 aliphatic rings. The summed E-state index contributed by atoms with van der Waals surface area (Å²) in [5, 5.41) is 30.9. The fourth-order valence-electron chi connectivity index (χ4n) is 4.28. The molecule has 1 aromatic rings. The average Bonchev–Trinajstić information content (AvgIpc) is 2.77. The molecular weight excluding hydrogens is 428 g/mol. The summed E-state index contributed by atoms with van der Waals surface area (Å²) < 4.78 is 0. The molecule has 1 rings (SSSR count). The summed E-state index contributed by atoms with van der Waals surface area (Å²) in [5.41, 5.74) is -0.481. The Morgan fingerprint density at radius 1 is 0.559 bits per heavy atom. The Balaban J connectivity index is 0.0000109. The van der Waals surface area contributed by atoms with E-state index in [0.717, 1.165) is 44.6 Å². The summed E-state index contributed by atoms with van der Waals surface area (Å²) in [7, 11) is 0. The highest BCUT2D eigenvalue weighted by Crippen LogP contribution is 2.39. The summed E-state index contributed by atoms with van der Waals surface area (Å²) in [5.74, 6) is -2.31. The molecule has 5 nitrogen and oxygen atoms in total. The first-order valence-electron chi connectivity index (χ1n) is 13.3. The lowest BCUT2D eigenvalue weighted by molar-refractivity contribution is 0.0971. The molecule has 0 atom stereocenters. The van der Waals surface area contributed by atoms with Gasteiger partial charge >= 0.3 is 0 Å². The molecule has 0 saturated carbocycles. The molecule has 196 valence electrons. The van der Waals surface area contributed by atoms with E-state index in [2.05, 4.69) is 13.8 Å². The number of hydrogen-bond donors (Lipinski definition) is 3. The zero-order valence-electron chi connectivity index (χ0n) is 21.0. The van der Waals surface area contributed by atoms with Gasteiger partial charge in [-0.25, -0.2) is 0 Å². The third kappa shape index (κ3) is 11.9. The normalized spacial score (nSPS) is 10.8. The van der Waals surface area contributed by atoms with E-state index in [1.807, 2.05) is 0 Å². The van der Waals surface area contributed by atoms with Gasteiger partial charge in [0.25, 0.3) is 0 Å². The van der Waals surface area contributed by atoms with Gasteiger partial charge in [0, 0.05) is 18.9 Å². The van der Waals surface area contributed by atoms with Gasteiger partial charge in [0.2, 0.25) is 0 Å². The number of unbranched alkanes of at least 4 members (excludes halogenated alkanes) is 14. The molecule has 3 N–H and O–H groups in total. The smallest absolute Gasteiger partial charge is 0.170 e. The zero-order chi connectivity index (χ0) is 24.5. The van der Waals surface area contributed by atoms with Crippen molar-refractivity contribution in [3.05, 3.63) is 17.2 Å². The van der Waals surface area contributed by atoms with Crippen molar-refractivity contribution in [3.63, 3.8) is 0 Å². The minimum atomic E-state index is -0.582. The number of hydrogen-bond acceptors (Lipinski definition) is 5. The van der Waals surface area contributed by atoms with Gasteiger partial charge in [-0.3, -0.25) is 9.59 Å². The third-order valence-electron chi connectivity index (χ3n) is 6.33. The second kappa shape index (κ2) is 19.3. The molecule has 0 spiro atoms. The second-order valence-corrected chi connectivity index (χ2v) is 9.31. The molecule has 0 heterocycles. The number of phenolic OH excluding ortho intramolecular Hbond substituents is 3. The zero-order valence-corrected chi connectivity index (χ0v) is 21.0. The van der Waals surface area contributed by atoms with Crippen molar-refractivity contribution < 1.29 is 24.9 Å². The molecule has 0 bridgehead atoms. The first-order chi connectivity index (χ1) is 15.9. The number of phenols is 3. The monoisotopic (exact) mass is 478 g/mol. The molecular formula is C29H50O5. The van der Waals surface area contributed by atoms with Crippen LogP contribution in [0.25, 0.3) is 0 Å². The number of carbonyl (C=O) groups excluding carboxylic acids is 2. The van der Waals surface area contributed by atoms with Gasteiger partial charge in [-0.15, -0.1) is 0 Å². The molecule has 0 aliphatic heterocycles. The van der Waals surface area contributed by atoms with Crippen molar-refractivity contribution in [3.8, 4) is 17.2 Å². The largest absolute Gasteiger partial charge is 0.507 e. The van der Waals surface area contributed by atoms with E-state index in [4.69, 9.17) is 0 Å². The van der Waals surface area contributed by atoms with Gasteiger partial charge in [-0.05, 0) is 12.8 Å². The molecule has 0 aromatic heterocycles. The van der Waals surface area contributed by atoms with Crippen molar-refractivity contribution in [2.45, 2.75) is 137 Å². The van der Waals surface area contributed by atoms with Gasteiger partial charge in [0.15, 0.2) is 11.6 Å². The van der Waals surface area contributed by atoms with E-state index in [0.29, 0.717) is 12.8 Å². The number of Topliss-reactive ketones (excluding diaryl/α,β-unsaturated/α-hetero) is 2. The van der Waals surface area contributed by atoms with Crippen molar-refractivity contribution in [1.82, 2.24) is 0 Å². The summed E-state index contributed by atoms with van der Waals surface area (Å²) in [4.78, 5) is 25.3. The van der Waals surface area contributed by atoms with Crippen LogP contribution in [0.1, 0.15) is 158 Å². The van der Waals surface area contributed by atoms with Gasteiger partial charge in [-0.2, -0.15) is 0 Å². The lowest BCUT2D eigenvalue weighted by atomic mass is 9.95. The van der Waals surface area contributed by atoms with Gasteiger partial charge < -0.3 is 15.3 Å².